The molecule has 9 heteroatoms. The molecule has 0 fully saturated rings. The maximum atomic E-state index is 12.9. The summed E-state index contributed by atoms with van der Waals surface area (Å²) in [5.41, 5.74) is -0.890. The maximum Gasteiger partial charge on any atom is 0.314 e. The molecular formula is C20H15N3O5S. The van der Waals surface area contributed by atoms with Crippen molar-refractivity contribution in [3.8, 4) is 11.5 Å². The third kappa shape index (κ3) is 3.90. The van der Waals surface area contributed by atoms with Crippen LogP contribution in [0.5, 0.6) is 11.5 Å². The normalized spacial score (nSPS) is 11.3. The Balaban J connectivity index is 1.69. The summed E-state index contributed by atoms with van der Waals surface area (Å²) in [4.78, 5) is 27.6. The molecule has 0 radical (unpaired) electrons. The summed E-state index contributed by atoms with van der Waals surface area (Å²) >= 11 is 0. The minimum atomic E-state index is -3.99. The number of fused-ring (bicyclic) bond motifs is 1. The van der Waals surface area contributed by atoms with Crippen molar-refractivity contribution >= 4 is 26.7 Å². The second-order valence-electron chi connectivity index (χ2n) is 6.13. The topological polar surface area (TPSA) is 121 Å². The molecule has 0 aliphatic rings. The fourth-order valence-corrected chi connectivity index (χ4v) is 3.82. The van der Waals surface area contributed by atoms with Crippen molar-refractivity contribution in [3.05, 3.63) is 93.5 Å². The van der Waals surface area contributed by atoms with E-state index in [1.165, 1.54) is 18.2 Å². The van der Waals surface area contributed by atoms with Crippen molar-refractivity contribution in [3.63, 3.8) is 0 Å². The Morgan fingerprint density at radius 3 is 2.17 bits per heavy atom. The van der Waals surface area contributed by atoms with Crippen LogP contribution in [-0.4, -0.2) is 18.4 Å². The van der Waals surface area contributed by atoms with Gasteiger partial charge >= 0.3 is 11.1 Å². The van der Waals surface area contributed by atoms with Gasteiger partial charge in [-0.05, 0) is 42.5 Å². The fourth-order valence-electron chi connectivity index (χ4n) is 2.72. The summed E-state index contributed by atoms with van der Waals surface area (Å²) in [5, 5.41) is 0. The molecule has 146 valence electrons. The molecule has 4 aromatic rings. The number of H-pyrrole nitrogens is 2. The SMILES string of the molecule is O=c1[nH]c2ccc(S(=O)(=O)Nc3ccccc3Oc3ccccc3)cc2[nH]c1=O. The highest BCUT2D eigenvalue weighted by atomic mass is 32.2. The van der Waals surface area contributed by atoms with Crippen LogP contribution in [0.4, 0.5) is 5.69 Å². The molecule has 1 aromatic heterocycles. The predicted molar refractivity (Wildman–Crippen MR) is 109 cm³/mol. The minimum absolute atomic E-state index is 0.0813. The molecule has 0 atom stereocenters. The molecule has 0 saturated heterocycles. The van der Waals surface area contributed by atoms with Crippen LogP contribution in [0.1, 0.15) is 0 Å². The lowest BCUT2D eigenvalue weighted by Gasteiger charge is -2.13. The number of hydrogen-bond donors (Lipinski definition) is 3. The van der Waals surface area contributed by atoms with Crippen molar-refractivity contribution in [1.29, 1.82) is 0 Å². The van der Waals surface area contributed by atoms with Crippen LogP contribution in [-0.2, 0) is 10.0 Å². The molecule has 0 unspecified atom stereocenters. The zero-order valence-corrected chi connectivity index (χ0v) is 15.7. The summed E-state index contributed by atoms with van der Waals surface area (Å²) in [6, 6.07) is 19.6. The number of sulfonamides is 1. The second-order valence-corrected chi connectivity index (χ2v) is 7.81. The minimum Gasteiger partial charge on any atom is -0.455 e. The van der Waals surface area contributed by atoms with Gasteiger partial charge in [-0.3, -0.25) is 14.3 Å². The van der Waals surface area contributed by atoms with Crippen LogP contribution in [0.3, 0.4) is 0 Å². The van der Waals surface area contributed by atoms with Crippen molar-refractivity contribution in [2.24, 2.45) is 0 Å². The van der Waals surface area contributed by atoms with Crippen LogP contribution < -0.4 is 20.6 Å². The van der Waals surface area contributed by atoms with E-state index in [-0.39, 0.29) is 16.1 Å². The molecule has 0 amide bonds. The van der Waals surface area contributed by atoms with Gasteiger partial charge in [-0.1, -0.05) is 30.3 Å². The van der Waals surface area contributed by atoms with Crippen LogP contribution in [0.25, 0.3) is 11.0 Å². The Kier molecular flexibility index (Phi) is 4.65. The van der Waals surface area contributed by atoms with E-state index < -0.39 is 21.1 Å². The van der Waals surface area contributed by atoms with Gasteiger partial charge in [0.2, 0.25) is 0 Å². The number of anilines is 1. The second kappa shape index (κ2) is 7.28. The average molecular weight is 409 g/mol. The number of aromatic nitrogens is 2. The van der Waals surface area contributed by atoms with Gasteiger partial charge < -0.3 is 14.7 Å². The lowest BCUT2D eigenvalue weighted by Crippen LogP contribution is -2.29. The first-order valence-corrected chi connectivity index (χ1v) is 10.0. The lowest BCUT2D eigenvalue weighted by molar-refractivity contribution is 0.485. The molecule has 29 heavy (non-hydrogen) atoms. The number of benzene rings is 3. The van der Waals surface area contributed by atoms with Crippen LogP contribution in [0.15, 0.2) is 87.3 Å². The first kappa shape index (κ1) is 18.5. The largest absolute Gasteiger partial charge is 0.455 e. The monoisotopic (exact) mass is 409 g/mol. The van der Waals surface area contributed by atoms with Crippen LogP contribution >= 0.6 is 0 Å². The first-order chi connectivity index (χ1) is 13.9. The molecule has 0 aliphatic carbocycles. The van der Waals surface area contributed by atoms with Crippen molar-refractivity contribution in [2.45, 2.75) is 4.90 Å². The zero-order valence-electron chi connectivity index (χ0n) is 14.9. The smallest absolute Gasteiger partial charge is 0.314 e. The van der Waals surface area contributed by atoms with E-state index in [0.717, 1.165) is 0 Å². The van der Waals surface area contributed by atoms with Gasteiger partial charge in [0, 0.05) is 0 Å². The molecule has 0 saturated carbocycles. The zero-order chi connectivity index (χ0) is 20.4. The van der Waals surface area contributed by atoms with Crippen LogP contribution in [0, 0.1) is 0 Å². The van der Waals surface area contributed by atoms with E-state index in [4.69, 9.17) is 4.74 Å². The molecule has 0 bridgehead atoms. The van der Waals surface area contributed by atoms with E-state index in [9.17, 15) is 18.0 Å². The number of aromatic amines is 2. The first-order valence-electron chi connectivity index (χ1n) is 8.53. The standard InChI is InChI=1S/C20H15N3O5S/c24-19-20(25)22-17-12-14(10-11-15(17)21-19)29(26,27)23-16-8-4-5-9-18(16)28-13-6-2-1-3-7-13/h1-12,23H,(H,21,24)(H,22,25). The number of para-hydroxylation sites is 3. The summed E-state index contributed by atoms with van der Waals surface area (Å²) in [5.74, 6) is 0.896. The molecule has 4 rings (SSSR count). The number of hydrogen-bond acceptors (Lipinski definition) is 5. The quantitative estimate of drug-likeness (QED) is 0.438. The van der Waals surface area contributed by atoms with Gasteiger partial charge in [-0.25, -0.2) is 8.42 Å². The molecule has 0 aliphatic heterocycles. The Hall–Kier alpha value is -3.85. The molecule has 8 nitrogen and oxygen atoms in total. The Labute approximate surface area is 164 Å². The van der Waals surface area contributed by atoms with Gasteiger partial charge in [0.1, 0.15) is 5.75 Å². The maximum absolute atomic E-state index is 12.9. The summed E-state index contributed by atoms with van der Waals surface area (Å²) in [6.45, 7) is 0. The van der Waals surface area contributed by atoms with Gasteiger partial charge in [-0.15, -0.1) is 0 Å². The summed E-state index contributed by atoms with van der Waals surface area (Å²) in [7, 11) is -3.99. The summed E-state index contributed by atoms with van der Waals surface area (Å²) < 4.78 is 34.0. The molecule has 0 spiro atoms. The molecule has 3 aromatic carbocycles. The molecule has 3 N–H and O–H groups in total. The van der Waals surface area contributed by atoms with Crippen molar-refractivity contribution < 1.29 is 13.2 Å². The number of rotatable bonds is 5. The third-order valence-electron chi connectivity index (χ3n) is 4.11. The van der Waals surface area contributed by atoms with Crippen LogP contribution in [0.2, 0.25) is 0 Å². The van der Waals surface area contributed by atoms with Crippen molar-refractivity contribution in [2.75, 3.05) is 4.72 Å². The summed E-state index contributed by atoms with van der Waals surface area (Å²) in [6.07, 6.45) is 0. The Morgan fingerprint density at radius 2 is 1.41 bits per heavy atom. The highest BCUT2D eigenvalue weighted by Crippen LogP contribution is 2.31. The van der Waals surface area contributed by atoms with E-state index in [0.29, 0.717) is 17.0 Å². The Bertz CT molecular complexity index is 1410. The van der Waals surface area contributed by atoms with E-state index in [1.54, 1.807) is 36.4 Å². The van der Waals surface area contributed by atoms with Crippen molar-refractivity contribution in [1.82, 2.24) is 9.97 Å². The highest BCUT2D eigenvalue weighted by Gasteiger charge is 2.18. The van der Waals surface area contributed by atoms with E-state index in [1.807, 2.05) is 18.2 Å². The average Bonchev–Trinajstić information content (AvgIpc) is 2.70. The fraction of sp³-hybridized carbons (Fsp3) is 0. The van der Waals surface area contributed by atoms with Gasteiger partial charge in [0.15, 0.2) is 5.75 Å². The lowest BCUT2D eigenvalue weighted by atomic mass is 10.3. The predicted octanol–water partition coefficient (Wildman–Crippen LogP) is 2.81. The Morgan fingerprint density at radius 1 is 0.759 bits per heavy atom. The third-order valence-corrected chi connectivity index (χ3v) is 5.47. The van der Waals surface area contributed by atoms with E-state index in [2.05, 4.69) is 14.7 Å². The number of nitrogens with one attached hydrogen (secondary N) is 3. The molecular weight excluding hydrogens is 394 g/mol. The van der Waals surface area contributed by atoms with E-state index >= 15 is 0 Å². The highest BCUT2D eigenvalue weighted by molar-refractivity contribution is 7.92. The molecule has 1 heterocycles. The van der Waals surface area contributed by atoms with Gasteiger partial charge in [0.25, 0.3) is 10.0 Å². The number of ether oxygens (including phenoxy) is 1. The van der Waals surface area contributed by atoms with Gasteiger partial charge in [-0.2, -0.15) is 0 Å². The van der Waals surface area contributed by atoms with Gasteiger partial charge in [0.05, 0.1) is 21.6 Å².